The molecule has 2 N–H and O–H groups in total. The summed E-state index contributed by atoms with van der Waals surface area (Å²) in [6, 6.07) is 24.6. The number of rotatable bonds is 5. The second-order valence-electron chi connectivity index (χ2n) is 8.00. The van der Waals surface area contributed by atoms with E-state index in [2.05, 4.69) is 54.8 Å². The second-order valence-corrected chi connectivity index (χ2v) is 8.41. The molecule has 1 unspecified atom stereocenters. The van der Waals surface area contributed by atoms with Gasteiger partial charge in [-0.25, -0.2) is 0 Å². The van der Waals surface area contributed by atoms with Gasteiger partial charge in [0, 0.05) is 24.3 Å². The highest BCUT2D eigenvalue weighted by atomic mass is 32.1. The van der Waals surface area contributed by atoms with Gasteiger partial charge in [-0.05, 0) is 67.4 Å². The molecular weight excluding hydrogens is 402 g/mol. The molecule has 4 rings (SSSR count). The average molecular weight is 430 g/mol. The number of nitrogens with one attached hydrogen (secondary N) is 2. The zero-order chi connectivity index (χ0) is 21.8. The number of hydrogen-bond donors (Lipinski definition) is 2. The van der Waals surface area contributed by atoms with Crippen molar-refractivity contribution in [1.29, 1.82) is 0 Å². The van der Waals surface area contributed by atoms with Crippen LogP contribution in [0, 0.1) is 13.8 Å². The summed E-state index contributed by atoms with van der Waals surface area (Å²) in [4.78, 5) is 13.9. The number of carbonyl (C=O) groups excluding carboxylic acids is 1. The van der Waals surface area contributed by atoms with Crippen LogP contribution < -0.4 is 15.5 Å². The lowest BCUT2D eigenvalue weighted by Gasteiger charge is -2.24. The van der Waals surface area contributed by atoms with Crippen LogP contribution >= 0.6 is 12.2 Å². The average Bonchev–Trinajstić information content (AvgIpc) is 3.19. The first-order chi connectivity index (χ1) is 15.0. The van der Waals surface area contributed by atoms with Crippen LogP contribution in [0.3, 0.4) is 0 Å². The highest BCUT2D eigenvalue weighted by Gasteiger charge is 2.22. The molecule has 31 heavy (non-hydrogen) atoms. The van der Waals surface area contributed by atoms with Gasteiger partial charge in [-0.1, -0.05) is 60.2 Å². The number of nitrogens with zero attached hydrogens (tertiary/aromatic N) is 1. The summed E-state index contributed by atoms with van der Waals surface area (Å²) in [6.07, 6.45) is 1.53. The van der Waals surface area contributed by atoms with Gasteiger partial charge in [-0.15, -0.1) is 0 Å². The van der Waals surface area contributed by atoms with Crippen LogP contribution in [-0.4, -0.2) is 17.6 Å². The van der Waals surface area contributed by atoms with Crippen molar-refractivity contribution in [2.45, 2.75) is 32.7 Å². The van der Waals surface area contributed by atoms with Crippen LogP contribution in [0.25, 0.3) is 0 Å². The van der Waals surface area contributed by atoms with Crippen molar-refractivity contribution in [1.82, 2.24) is 5.32 Å². The molecule has 1 aliphatic heterocycles. The summed E-state index contributed by atoms with van der Waals surface area (Å²) in [6.45, 7) is 5.01. The Morgan fingerprint density at radius 3 is 2.52 bits per heavy atom. The molecule has 1 atom stereocenters. The summed E-state index contributed by atoms with van der Waals surface area (Å²) in [5.74, 6) is 0.178. The third-order valence-electron chi connectivity index (χ3n) is 5.63. The van der Waals surface area contributed by atoms with Crippen molar-refractivity contribution in [3.8, 4) is 0 Å². The molecule has 0 radical (unpaired) electrons. The fraction of sp³-hybridized carbons (Fsp3) is 0.231. The highest BCUT2D eigenvalue weighted by molar-refractivity contribution is 7.80. The van der Waals surface area contributed by atoms with Gasteiger partial charge < -0.3 is 15.5 Å². The lowest BCUT2D eigenvalue weighted by molar-refractivity contribution is -0.117. The van der Waals surface area contributed by atoms with Gasteiger partial charge in [0.2, 0.25) is 5.91 Å². The number of hydrogen-bond acceptors (Lipinski definition) is 2. The smallest absolute Gasteiger partial charge is 0.227 e. The third kappa shape index (κ3) is 4.94. The zero-order valence-corrected chi connectivity index (χ0v) is 18.7. The Bertz CT molecular complexity index is 1100. The van der Waals surface area contributed by atoms with E-state index < -0.39 is 0 Å². The van der Waals surface area contributed by atoms with E-state index in [1.54, 1.807) is 0 Å². The molecule has 5 heteroatoms. The van der Waals surface area contributed by atoms with Gasteiger partial charge in [0.05, 0.1) is 6.04 Å². The van der Waals surface area contributed by atoms with Crippen molar-refractivity contribution in [2.24, 2.45) is 0 Å². The van der Waals surface area contributed by atoms with E-state index >= 15 is 0 Å². The minimum atomic E-state index is -0.0647. The molecule has 0 spiro atoms. The Labute approximate surface area is 189 Å². The Morgan fingerprint density at radius 2 is 1.81 bits per heavy atom. The Hall–Kier alpha value is -3.18. The van der Waals surface area contributed by atoms with Crippen LogP contribution in [0.5, 0.6) is 0 Å². The summed E-state index contributed by atoms with van der Waals surface area (Å²) < 4.78 is 0. The fourth-order valence-corrected chi connectivity index (χ4v) is 4.34. The van der Waals surface area contributed by atoms with E-state index in [4.69, 9.17) is 12.2 Å². The van der Waals surface area contributed by atoms with E-state index in [0.717, 1.165) is 29.9 Å². The Morgan fingerprint density at radius 1 is 1.00 bits per heavy atom. The first-order valence-electron chi connectivity index (χ1n) is 10.6. The molecule has 1 saturated heterocycles. The van der Waals surface area contributed by atoms with E-state index in [0.29, 0.717) is 11.5 Å². The minimum Gasteiger partial charge on any atom is -0.352 e. The first-order valence-corrected chi connectivity index (χ1v) is 11.0. The van der Waals surface area contributed by atoms with Gasteiger partial charge in [0.15, 0.2) is 5.11 Å². The van der Waals surface area contributed by atoms with Gasteiger partial charge >= 0.3 is 0 Å². The van der Waals surface area contributed by atoms with Gasteiger partial charge in [-0.3, -0.25) is 4.79 Å². The highest BCUT2D eigenvalue weighted by Crippen LogP contribution is 2.27. The maximum absolute atomic E-state index is 12.1. The van der Waals surface area contributed by atoms with Gasteiger partial charge in [0.1, 0.15) is 0 Å². The largest absolute Gasteiger partial charge is 0.352 e. The zero-order valence-electron chi connectivity index (χ0n) is 17.9. The van der Waals surface area contributed by atoms with Crippen LogP contribution in [0.4, 0.5) is 11.4 Å². The van der Waals surface area contributed by atoms with Crippen molar-refractivity contribution in [3.63, 3.8) is 0 Å². The maximum Gasteiger partial charge on any atom is 0.227 e. The Balaban J connectivity index is 1.55. The summed E-state index contributed by atoms with van der Waals surface area (Å²) in [5.41, 5.74) is 6.57. The van der Waals surface area contributed by atoms with Gasteiger partial charge in [0.25, 0.3) is 0 Å². The first kappa shape index (κ1) is 21.1. The number of aryl methyl sites for hydroxylation is 2. The molecule has 1 amide bonds. The maximum atomic E-state index is 12.1. The number of benzene rings is 3. The molecule has 0 aromatic heterocycles. The number of thiocarbonyl (C=S) groups is 1. The topological polar surface area (TPSA) is 44.4 Å². The molecule has 3 aromatic rings. The van der Waals surface area contributed by atoms with Crippen LogP contribution in [0.2, 0.25) is 0 Å². The molecule has 1 aliphatic rings. The summed E-state index contributed by atoms with van der Waals surface area (Å²) in [5, 5.41) is 7.34. The van der Waals surface area contributed by atoms with Crippen LogP contribution in [0.1, 0.15) is 41.1 Å². The van der Waals surface area contributed by atoms with Crippen molar-refractivity contribution < 1.29 is 4.79 Å². The SMILES string of the molecule is Cc1ccc(C(NC(=S)Nc2cccc(N3CCCC3=O)c2)c2ccccc2)c(C)c1. The predicted molar refractivity (Wildman–Crippen MR) is 132 cm³/mol. The molecule has 158 valence electrons. The van der Waals surface area contributed by atoms with Crippen molar-refractivity contribution >= 4 is 34.6 Å². The number of amides is 1. The molecule has 1 heterocycles. The minimum absolute atomic E-state index is 0.0647. The van der Waals surface area contributed by atoms with E-state index in [9.17, 15) is 4.79 Å². The van der Waals surface area contributed by atoms with Crippen LogP contribution in [0.15, 0.2) is 72.8 Å². The van der Waals surface area contributed by atoms with E-state index in [1.165, 1.54) is 16.7 Å². The quantitative estimate of drug-likeness (QED) is 0.525. The third-order valence-corrected chi connectivity index (χ3v) is 5.85. The molecule has 4 nitrogen and oxygen atoms in total. The second kappa shape index (κ2) is 9.31. The fourth-order valence-electron chi connectivity index (χ4n) is 4.11. The molecule has 1 fully saturated rings. The van der Waals surface area contributed by atoms with Crippen LogP contribution in [-0.2, 0) is 4.79 Å². The predicted octanol–water partition coefficient (Wildman–Crippen LogP) is 5.51. The van der Waals surface area contributed by atoms with Gasteiger partial charge in [-0.2, -0.15) is 0 Å². The lowest BCUT2D eigenvalue weighted by atomic mass is 9.94. The number of anilines is 2. The molecule has 0 aliphatic carbocycles. The normalized spacial score (nSPS) is 14.4. The number of carbonyl (C=O) groups is 1. The Kier molecular flexibility index (Phi) is 6.33. The van der Waals surface area contributed by atoms with Crippen molar-refractivity contribution in [3.05, 3.63) is 95.1 Å². The molecule has 3 aromatic carbocycles. The molecule has 0 saturated carbocycles. The molecular formula is C26H27N3OS. The van der Waals surface area contributed by atoms with E-state index in [1.807, 2.05) is 47.4 Å². The lowest BCUT2D eigenvalue weighted by Crippen LogP contribution is -2.33. The van der Waals surface area contributed by atoms with Crippen molar-refractivity contribution in [2.75, 3.05) is 16.8 Å². The standard InChI is InChI=1S/C26H27N3OS/c1-18-13-14-23(19(2)16-18)25(20-8-4-3-5-9-20)28-26(31)27-21-10-6-11-22(17-21)29-15-7-12-24(29)30/h3-6,8-11,13-14,16-17,25H,7,12,15H2,1-2H3,(H2,27,28,31). The van der Waals surface area contributed by atoms with E-state index in [-0.39, 0.29) is 11.9 Å². The summed E-state index contributed by atoms with van der Waals surface area (Å²) in [7, 11) is 0. The summed E-state index contributed by atoms with van der Waals surface area (Å²) >= 11 is 5.68. The monoisotopic (exact) mass is 429 g/mol. The molecule has 0 bridgehead atoms.